The monoisotopic (exact) mass is 225 g/mol. The summed E-state index contributed by atoms with van der Waals surface area (Å²) in [7, 11) is 1.90. The average Bonchev–Trinajstić information content (AvgIpc) is 2.31. The van der Waals surface area contributed by atoms with Crippen LogP contribution in [-0.4, -0.2) is 17.0 Å². The van der Waals surface area contributed by atoms with Crippen molar-refractivity contribution in [3.63, 3.8) is 0 Å². The molecule has 2 heterocycles. The van der Waals surface area contributed by atoms with E-state index in [4.69, 9.17) is 0 Å². The molecule has 0 bridgehead atoms. The molecule has 0 radical (unpaired) electrons. The smallest absolute Gasteiger partial charge is 0.260 e. The number of para-hydroxylation sites is 1. The van der Waals surface area contributed by atoms with E-state index in [9.17, 15) is 4.79 Å². The lowest BCUT2D eigenvalue weighted by Crippen LogP contribution is -2.41. The Balaban J connectivity index is 2.48. The zero-order chi connectivity index (χ0) is 12.0. The fraction of sp³-hybridized carbons (Fsp3) is 0.0769. The van der Waals surface area contributed by atoms with Crippen molar-refractivity contribution in [3.8, 4) is 0 Å². The highest BCUT2D eigenvalue weighted by atomic mass is 16.1. The number of nitrogens with zero attached hydrogens (tertiary/aromatic N) is 2. The van der Waals surface area contributed by atoms with E-state index in [0.29, 0.717) is 16.5 Å². The van der Waals surface area contributed by atoms with Crippen LogP contribution in [0.15, 0.2) is 29.1 Å². The average molecular weight is 225 g/mol. The molecular weight excluding hydrogens is 214 g/mol. The number of nitrogens with one attached hydrogen (secondary N) is 1. The zero-order valence-electron chi connectivity index (χ0n) is 9.40. The van der Waals surface area contributed by atoms with E-state index in [1.165, 1.54) is 0 Å². The molecule has 0 unspecified atom stereocenters. The first-order valence-electron chi connectivity index (χ1n) is 5.30. The summed E-state index contributed by atoms with van der Waals surface area (Å²) < 4.78 is 0. The van der Waals surface area contributed by atoms with Gasteiger partial charge in [-0.2, -0.15) is 0 Å². The third-order valence-corrected chi connectivity index (χ3v) is 2.90. The van der Waals surface area contributed by atoms with Crippen molar-refractivity contribution in [2.45, 2.75) is 0 Å². The highest BCUT2D eigenvalue weighted by Gasteiger charge is 2.16. The highest BCUT2D eigenvalue weighted by Crippen LogP contribution is 2.26. The van der Waals surface area contributed by atoms with Gasteiger partial charge in [-0.1, -0.05) is 24.8 Å². The molecule has 17 heavy (non-hydrogen) atoms. The molecule has 1 aromatic heterocycles. The molecule has 0 aliphatic carbocycles. The van der Waals surface area contributed by atoms with Gasteiger partial charge < -0.3 is 9.88 Å². The van der Waals surface area contributed by atoms with Crippen LogP contribution in [0.5, 0.6) is 0 Å². The quantitative estimate of drug-likeness (QED) is 0.691. The minimum Gasteiger partial charge on any atom is -0.328 e. The van der Waals surface area contributed by atoms with E-state index in [2.05, 4.69) is 16.5 Å². The van der Waals surface area contributed by atoms with E-state index >= 15 is 0 Å². The number of aromatic amines is 1. The summed E-state index contributed by atoms with van der Waals surface area (Å²) in [6.45, 7) is 3.67. The van der Waals surface area contributed by atoms with Gasteiger partial charge in [0, 0.05) is 12.7 Å². The van der Waals surface area contributed by atoms with Gasteiger partial charge in [-0.05, 0) is 17.7 Å². The Morgan fingerprint density at radius 1 is 1.35 bits per heavy atom. The number of hydrogen-bond donors (Lipinski definition) is 1. The molecule has 0 amide bonds. The van der Waals surface area contributed by atoms with Gasteiger partial charge in [0.2, 0.25) is 0 Å². The number of rotatable bonds is 0. The first kappa shape index (κ1) is 9.84. The maximum absolute atomic E-state index is 11.8. The summed E-state index contributed by atoms with van der Waals surface area (Å²) in [5.41, 5.74) is 2.29. The molecule has 0 saturated heterocycles. The van der Waals surface area contributed by atoms with Gasteiger partial charge in [0.25, 0.3) is 5.56 Å². The third-order valence-electron chi connectivity index (χ3n) is 2.90. The van der Waals surface area contributed by atoms with Crippen LogP contribution in [0.4, 0.5) is 11.5 Å². The van der Waals surface area contributed by atoms with Gasteiger partial charge in [-0.15, -0.1) is 0 Å². The van der Waals surface area contributed by atoms with Crippen LogP contribution in [0.3, 0.4) is 0 Å². The maximum atomic E-state index is 11.8. The summed E-state index contributed by atoms with van der Waals surface area (Å²) in [5.74, 6) is 0.650. The Labute approximate surface area is 97.6 Å². The normalized spacial score (nSPS) is 12.6. The zero-order valence-corrected chi connectivity index (χ0v) is 9.40. The van der Waals surface area contributed by atoms with Crippen LogP contribution in [-0.2, 0) is 0 Å². The molecule has 0 fully saturated rings. The topological polar surface area (TPSA) is 49.0 Å². The maximum Gasteiger partial charge on any atom is 0.260 e. The minimum atomic E-state index is -0.152. The summed E-state index contributed by atoms with van der Waals surface area (Å²) in [6, 6.07) is 7.89. The van der Waals surface area contributed by atoms with Crippen molar-refractivity contribution in [2.24, 2.45) is 0 Å². The summed E-state index contributed by atoms with van der Waals surface area (Å²) in [5, 5.41) is 0.582. The van der Waals surface area contributed by atoms with Gasteiger partial charge >= 0.3 is 0 Å². The number of benzene rings is 1. The highest BCUT2D eigenvalue weighted by molar-refractivity contribution is 5.77. The number of hydrogen-bond acceptors (Lipinski definition) is 3. The second-order valence-electron chi connectivity index (χ2n) is 4.01. The number of fused-ring (bicyclic) bond motifs is 2. The third kappa shape index (κ3) is 1.38. The molecule has 0 spiro atoms. The van der Waals surface area contributed by atoms with Crippen molar-refractivity contribution >= 4 is 24.2 Å². The molecule has 1 aromatic carbocycles. The van der Waals surface area contributed by atoms with Crippen LogP contribution >= 0.6 is 0 Å². The number of anilines is 2. The molecular formula is C13H11N3O. The van der Waals surface area contributed by atoms with Gasteiger partial charge in [-0.25, -0.2) is 4.98 Å². The minimum absolute atomic E-state index is 0.152. The van der Waals surface area contributed by atoms with E-state index in [-0.39, 0.29) is 5.56 Å². The predicted molar refractivity (Wildman–Crippen MR) is 67.7 cm³/mol. The lowest BCUT2D eigenvalue weighted by Gasteiger charge is -2.24. The molecule has 4 heteroatoms. The van der Waals surface area contributed by atoms with Crippen LogP contribution in [0, 0.1) is 0 Å². The van der Waals surface area contributed by atoms with Crippen molar-refractivity contribution in [3.05, 3.63) is 50.9 Å². The van der Waals surface area contributed by atoms with Gasteiger partial charge in [0.1, 0.15) is 11.3 Å². The Morgan fingerprint density at radius 3 is 2.94 bits per heavy atom. The van der Waals surface area contributed by atoms with Gasteiger partial charge in [-0.3, -0.25) is 4.79 Å². The second-order valence-corrected chi connectivity index (χ2v) is 4.01. The van der Waals surface area contributed by atoms with Crippen LogP contribution in [0.25, 0.3) is 12.7 Å². The Bertz CT molecular complexity index is 761. The van der Waals surface area contributed by atoms with Crippen molar-refractivity contribution in [1.82, 2.24) is 9.97 Å². The molecule has 1 aliphatic rings. The van der Waals surface area contributed by atoms with Crippen molar-refractivity contribution in [1.29, 1.82) is 0 Å². The Morgan fingerprint density at radius 2 is 2.12 bits per heavy atom. The van der Waals surface area contributed by atoms with E-state index in [1.54, 1.807) is 0 Å². The molecule has 4 nitrogen and oxygen atoms in total. The molecule has 0 saturated carbocycles. The largest absolute Gasteiger partial charge is 0.328 e. The lowest BCUT2D eigenvalue weighted by atomic mass is 10.1. The fourth-order valence-electron chi connectivity index (χ4n) is 2.09. The fourth-order valence-corrected chi connectivity index (χ4v) is 2.09. The van der Waals surface area contributed by atoms with Crippen molar-refractivity contribution < 1.29 is 0 Å². The van der Waals surface area contributed by atoms with Crippen LogP contribution in [0.2, 0.25) is 0 Å². The number of aromatic nitrogens is 2. The summed E-state index contributed by atoms with van der Waals surface area (Å²) >= 11 is 0. The van der Waals surface area contributed by atoms with E-state index in [0.717, 1.165) is 11.3 Å². The second kappa shape index (κ2) is 3.31. The van der Waals surface area contributed by atoms with Crippen LogP contribution < -0.4 is 21.2 Å². The van der Waals surface area contributed by atoms with Gasteiger partial charge in [0.05, 0.1) is 5.22 Å². The first-order valence-corrected chi connectivity index (χ1v) is 5.30. The molecule has 3 rings (SSSR count). The number of H-pyrrole nitrogens is 1. The standard InChI is InChI=1S/C13H11N3O/c1-8-14-12-10(13(17)15-8)7-9-5-3-4-6-11(9)16(12)2/h3-7H,1H2,2H3,(H,15,17). The van der Waals surface area contributed by atoms with Gasteiger partial charge in [0.15, 0.2) is 0 Å². The molecule has 1 N–H and O–H groups in total. The molecule has 0 atom stereocenters. The molecule has 2 aromatic rings. The SMILES string of the molecule is C=c1nc2c(c(=O)[nH]1)=Cc1ccccc1N2C. The van der Waals surface area contributed by atoms with E-state index < -0.39 is 0 Å². The Hall–Kier alpha value is -2.36. The summed E-state index contributed by atoms with van der Waals surface area (Å²) in [6.07, 6.45) is 1.86. The lowest BCUT2D eigenvalue weighted by molar-refractivity contribution is 0.983. The molecule has 1 aliphatic heterocycles. The van der Waals surface area contributed by atoms with Crippen LogP contribution in [0.1, 0.15) is 5.56 Å². The Kier molecular flexibility index (Phi) is 1.92. The van der Waals surface area contributed by atoms with E-state index in [1.807, 2.05) is 42.3 Å². The van der Waals surface area contributed by atoms with Crippen molar-refractivity contribution in [2.75, 3.05) is 11.9 Å². The first-order chi connectivity index (χ1) is 8.16. The predicted octanol–water partition coefficient (Wildman–Crippen LogP) is 0.0903. The molecule has 84 valence electrons. The summed E-state index contributed by atoms with van der Waals surface area (Å²) in [4.78, 5) is 20.7.